The molecule has 0 radical (unpaired) electrons. The predicted molar refractivity (Wildman–Crippen MR) is 42.1 cm³/mol. The number of carbonyl (C=O) groups excluding carboxylic acids is 1. The molecule has 7 heteroatoms. The first-order chi connectivity index (χ1) is 6.93. The van der Waals surface area contributed by atoms with Crippen LogP contribution >= 0.6 is 0 Å². The molecule has 84 valence electrons. The van der Waals surface area contributed by atoms with Crippen LogP contribution in [0.1, 0.15) is 12.8 Å². The fourth-order valence-electron chi connectivity index (χ4n) is 1.25. The summed E-state index contributed by atoms with van der Waals surface area (Å²) >= 11 is 0. The van der Waals surface area contributed by atoms with Crippen molar-refractivity contribution in [2.45, 2.75) is 19.0 Å². The molecule has 0 aliphatic carbocycles. The van der Waals surface area contributed by atoms with Crippen LogP contribution in [0.5, 0.6) is 0 Å². The molecule has 1 fully saturated rings. The fourth-order valence-corrected chi connectivity index (χ4v) is 1.25. The lowest BCUT2D eigenvalue weighted by Crippen LogP contribution is -2.39. The van der Waals surface area contributed by atoms with E-state index in [4.69, 9.17) is 5.26 Å². The second kappa shape index (κ2) is 4.49. The van der Waals surface area contributed by atoms with E-state index in [1.807, 2.05) is 6.07 Å². The summed E-state index contributed by atoms with van der Waals surface area (Å²) in [5, 5.41) is 9.48. The summed E-state index contributed by atoms with van der Waals surface area (Å²) < 4.78 is 35.4. The summed E-state index contributed by atoms with van der Waals surface area (Å²) in [6.45, 7) is 0.333. The molecule has 0 amide bonds. The van der Waals surface area contributed by atoms with Gasteiger partial charge in [-0.2, -0.15) is 18.4 Å². The van der Waals surface area contributed by atoms with Crippen LogP contribution in [-0.2, 0) is 9.63 Å². The van der Waals surface area contributed by atoms with Gasteiger partial charge in [-0.3, -0.25) is 0 Å². The van der Waals surface area contributed by atoms with Crippen molar-refractivity contribution in [3.8, 4) is 6.07 Å². The van der Waals surface area contributed by atoms with Crippen molar-refractivity contribution in [1.82, 2.24) is 5.06 Å². The third-order valence-corrected chi connectivity index (χ3v) is 2.08. The molecule has 0 atom stereocenters. The highest BCUT2D eigenvalue weighted by Gasteiger charge is 2.42. The van der Waals surface area contributed by atoms with Gasteiger partial charge in [0.05, 0.1) is 6.07 Å². The van der Waals surface area contributed by atoms with Gasteiger partial charge in [0.15, 0.2) is 0 Å². The smallest absolute Gasteiger partial charge is 0.361 e. The summed E-state index contributed by atoms with van der Waals surface area (Å²) in [6.07, 6.45) is -4.13. The van der Waals surface area contributed by atoms with E-state index in [-0.39, 0.29) is 19.0 Å². The third kappa shape index (κ3) is 3.40. The predicted octanol–water partition coefficient (Wildman–Crippen LogP) is 1.24. The van der Waals surface area contributed by atoms with Crippen LogP contribution < -0.4 is 0 Å². The summed E-state index contributed by atoms with van der Waals surface area (Å²) in [7, 11) is 0. The molecule has 15 heavy (non-hydrogen) atoms. The first kappa shape index (κ1) is 11.8. The van der Waals surface area contributed by atoms with Crippen LogP contribution in [0.2, 0.25) is 0 Å². The van der Waals surface area contributed by atoms with Crippen LogP contribution in [0.15, 0.2) is 0 Å². The average molecular weight is 222 g/mol. The van der Waals surface area contributed by atoms with E-state index in [1.165, 1.54) is 0 Å². The number of nitriles is 1. The Kier molecular flexibility index (Phi) is 3.52. The molecule has 0 spiro atoms. The highest BCUT2D eigenvalue weighted by Crippen LogP contribution is 2.20. The van der Waals surface area contributed by atoms with Crippen molar-refractivity contribution < 1.29 is 22.8 Å². The molecule has 0 aromatic carbocycles. The van der Waals surface area contributed by atoms with Gasteiger partial charge in [-0.15, -0.1) is 5.06 Å². The number of halogens is 3. The van der Waals surface area contributed by atoms with Gasteiger partial charge in [-0.05, 0) is 12.8 Å². The number of nitrogens with zero attached hydrogens (tertiary/aromatic N) is 2. The van der Waals surface area contributed by atoms with Crippen LogP contribution in [0.4, 0.5) is 13.2 Å². The molecular weight excluding hydrogens is 213 g/mol. The van der Waals surface area contributed by atoms with Crippen LogP contribution in [0.3, 0.4) is 0 Å². The largest absolute Gasteiger partial charge is 0.492 e. The van der Waals surface area contributed by atoms with Crippen molar-refractivity contribution in [3.05, 3.63) is 0 Å². The normalized spacial score (nSPS) is 19.6. The molecule has 4 nitrogen and oxygen atoms in total. The average Bonchev–Trinajstić information content (AvgIpc) is 2.17. The van der Waals surface area contributed by atoms with Crippen LogP contribution in [-0.4, -0.2) is 30.3 Å². The van der Waals surface area contributed by atoms with E-state index in [0.717, 1.165) is 5.06 Å². The molecule has 0 unspecified atom stereocenters. The van der Waals surface area contributed by atoms with Gasteiger partial charge in [-0.1, -0.05) is 0 Å². The van der Waals surface area contributed by atoms with Crippen molar-refractivity contribution in [3.63, 3.8) is 0 Å². The Morgan fingerprint density at radius 3 is 2.33 bits per heavy atom. The highest BCUT2D eigenvalue weighted by molar-refractivity contribution is 5.75. The second-order valence-electron chi connectivity index (χ2n) is 3.21. The van der Waals surface area contributed by atoms with Crippen molar-refractivity contribution in [2.75, 3.05) is 13.1 Å². The zero-order chi connectivity index (χ0) is 11.5. The molecule has 0 N–H and O–H groups in total. The third-order valence-electron chi connectivity index (χ3n) is 2.08. The molecule has 0 aromatic rings. The highest BCUT2D eigenvalue weighted by atomic mass is 19.4. The van der Waals surface area contributed by atoms with E-state index >= 15 is 0 Å². The Hall–Kier alpha value is -1.29. The lowest BCUT2D eigenvalue weighted by molar-refractivity contribution is -0.241. The van der Waals surface area contributed by atoms with E-state index in [2.05, 4.69) is 4.84 Å². The zero-order valence-corrected chi connectivity index (χ0v) is 7.75. The summed E-state index contributed by atoms with van der Waals surface area (Å²) in [6, 6.07) is 2.02. The number of hydrogen-bond acceptors (Lipinski definition) is 4. The number of rotatable bonds is 1. The molecule has 1 saturated heterocycles. The number of alkyl halides is 3. The molecule has 0 aromatic heterocycles. The number of hydrogen-bond donors (Lipinski definition) is 0. The van der Waals surface area contributed by atoms with Gasteiger partial charge in [0.2, 0.25) is 0 Å². The number of hydroxylamine groups is 2. The topological polar surface area (TPSA) is 53.3 Å². The standard InChI is InChI=1S/C8H9F3N2O2/c9-8(10,11)7(14)15-13-3-1-6(5-12)2-4-13/h6H,1-4H2. The second-order valence-corrected chi connectivity index (χ2v) is 3.21. The Labute approximate surface area is 84.2 Å². The van der Waals surface area contributed by atoms with Gasteiger partial charge < -0.3 is 4.84 Å². The summed E-state index contributed by atoms with van der Waals surface area (Å²) in [5.41, 5.74) is 0. The Morgan fingerprint density at radius 1 is 1.40 bits per heavy atom. The minimum atomic E-state index is -4.97. The van der Waals surface area contributed by atoms with Crippen molar-refractivity contribution in [1.29, 1.82) is 5.26 Å². The first-order valence-corrected chi connectivity index (χ1v) is 4.37. The molecule has 0 bridgehead atoms. The van der Waals surface area contributed by atoms with Gasteiger partial charge in [0, 0.05) is 19.0 Å². The maximum Gasteiger partial charge on any atom is 0.492 e. The van der Waals surface area contributed by atoms with Crippen molar-refractivity contribution in [2.24, 2.45) is 5.92 Å². The Morgan fingerprint density at radius 2 is 1.93 bits per heavy atom. The van der Waals surface area contributed by atoms with Gasteiger partial charge in [0.1, 0.15) is 0 Å². The Balaban J connectivity index is 2.37. The summed E-state index contributed by atoms with van der Waals surface area (Å²) in [4.78, 5) is 14.5. The SMILES string of the molecule is N#CC1CCN(OC(=O)C(F)(F)F)CC1. The van der Waals surface area contributed by atoms with Gasteiger partial charge in [0.25, 0.3) is 0 Å². The fraction of sp³-hybridized carbons (Fsp3) is 0.750. The molecule has 1 aliphatic heterocycles. The minimum absolute atomic E-state index is 0.161. The lowest BCUT2D eigenvalue weighted by atomic mass is 10.0. The van der Waals surface area contributed by atoms with Gasteiger partial charge >= 0.3 is 12.1 Å². The molecule has 1 aliphatic rings. The molecule has 0 saturated carbocycles. The monoisotopic (exact) mass is 222 g/mol. The summed E-state index contributed by atoms with van der Waals surface area (Å²) in [5.74, 6) is -2.37. The van der Waals surface area contributed by atoms with E-state index < -0.39 is 12.1 Å². The minimum Gasteiger partial charge on any atom is -0.361 e. The quantitative estimate of drug-likeness (QED) is 0.669. The van der Waals surface area contributed by atoms with Crippen molar-refractivity contribution >= 4 is 5.97 Å². The molecule has 1 rings (SSSR count). The first-order valence-electron chi connectivity index (χ1n) is 4.37. The van der Waals surface area contributed by atoms with E-state index in [0.29, 0.717) is 12.8 Å². The van der Waals surface area contributed by atoms with E-state index in [1.54, 1.807) is 0 Å². The maximum atomic E-state index is 11.8. The number of carbonyl (C=O) groups is 1. The van der Waals surface area contributed by atoms with E-state index in [9.17, 15) is 18.0 Å². The Bertz CT molecular complexity index is 277. The lowest BCUT2D eigenvalue weighted by Gasteiger charge is -2.27. The zero-order valence-electron chi connectivity index (χ0n) is 7.75. The van der Waals surface area contributed by atoms with Crippen LogP contribution in [0.25, 0.3) is 0 Å². The maximum absolute atomic E-state index is 11.8. The number of piperidine rings is 1. The van der Waals surface area contributed by atoms with Gasteiger partial charge in [-0.25, -0.2) is 4.79 Å². The molecular formula is C8H9F3N2O2. The molecule has 1 heterocycles. The van der Waals surface area contributed by atoms with Crippen LogP contribution in [0, 0.1) is 17.2 Å².